The van der Waals surface area contributed by atoms with Crippen LogP contribution in [0.25, 0.3) is 0 Å². The third-order valence-corrected chi connectivity index (χ3v) is 7.36. The maximum atomic E-state index is 13.0. The van der Waals surface area contributed by atoms with Crippen LogP contribution >= 0.6 is 11.6 Å². The number of hydrogen-bond acceptors (Lipinski definition) is 4. The highest BCUT2D eigenvalue weighted by molar-refractivity contribution is 7.94. The molecule has 0 unspecified atom stereocenters. The number of ether oxygens (including phenoxy) is 1. The lowest BCUT2D eigenvalue weighted by Crippen LogP contribution is -2.39. The predicted octanol–water partition coefficient (Wildman–Crippen LogP) is 5.51. The Kier molecular flexibility index (Phi) is 9.47. The van der Waals surface area contributed by atoms with E-state index in [1.165, 1.54) is 17.1 Å². The van der Waals surface area contributed by atoms with Crippen molar-refractivity contribution in [1.29, 1.82) is 0 Å². The lowest BCUT2D eigenvalue weighted by atomic mass is 10.0. The number of anilines is 2. The monoisotopic (exact) mass is 491 g/mol. The molecule has 8 heteroatoms. The van der Waals surface area contributed by atoms with E-state index in [1.807, 2.05) is 24.3 Å². The number of fused-ring (bicyclic) bond motifs is 1. The van der Waals surface area contributed by atoms with Gasteiger partial charge in [-0.3, -0.25) is 9.03 Å². The Morgan fingerprint density at radius 1 is 1.15 bits per heavy atom. The fourth-order valence-corrected chi connectivity index (χ4v) is 5.42. The second kappa shape index (κ2) is 12.3. The van der Waals surface area contributed by atoms with Crippen LogP contribution < -0.4 is 13.8 Å². The van der Waals surface area contributed by atoms with Gasteiger partial charge in [-0.15, -0.1) is 6.58 Å². The van der Waals surface area contributed by atoms with Gasteiger partial charge in [-0.05, 0) is 87.3 Å². The Bertz CT molecular complexity index is 1010. The topological polar surface area (TPSA) is 61.9 Å². The van der Waals surface area contributed by atoms with Crippen molar-refractivity contribution in [3.05, 3.63) is 65.7 Å². The van der Waals surface area contributed by atoms with Crippen molar-refractivity contribution >= 4 is 33.2 Å². The van der Waals surface area contributed by atoms with Gasteiger partial charge in [-0.1, -0.05) is 30.5 Å². The molecule has 0 saturated heterocycles. The first-order valence-electron chi connectivity index (χ1n) is 11.5. The van der Waals surface area contributed by atoms with Gasteiger partial charge in [0.15, 0.2) is 0 Å². The van der Waals surface area contributed by atoms with E-state index in [0.717, 1.165) is 50.1 Å². The summed E-state index contributed by atoms with van der Waals surface area (Å²) >= 11 is 5.90. The molecular weight excluding hydrogens is 458 g/mol. The Morgan fingerprint density at radius 2 is 1.91 bits per heavy atom. The van der Waals surface area contributed by atoms with E-state index in [-0.39, 0.29) is 0 Å². The molecule has 0 radical (unpaired) electrons. The summed E-state index contributed by atoms with van der Waals surface area (Å²) in [6, 6.07) is 12.3. The summed E-state index contributed by atoms with van der Waals surface area (Å²) in [5.41, 5.74) is 2.18. The predicted molar refractivity (Wildman–Crippen MR) is 138 cm³/mol. The normalized spacial score (nSPS) is 13.6. The summed E-state index contributed by atoms with van der Waals surface area (Å²) in [6.45, 7) is 6.89. The molecule has 0 amide bonds. The summed E-state index contributed by atoms with van der Waals surface area (Å²) in [6.07, 6.45) is 8.02. The number of likely N-dealkylation sites (N-methyl/N-ethyl adjacent to an activating group) is 1. The standard InChI is InChI=1S/C25H34ClN3O3S/c1-3-16-28(2)17-6-4-5-7-19-32-24-14-15-25-21(20-24)9-8-18-29(25)33(30,31)27-23-12-10-22(26)11-13-23/h3,10-15,20,27H,1,4-9,16-19H2,2H3. The molecule has 2 aromatic rings. The van der Waals surface area contributed by atoms with Gasteiger partial charge in [0.25, 0.3) is 0 Å². The molecular formula is C25H34ClN3O3S. The highest BCUT2D eigenvalue weighted by atomic mass is 35.5. The number of halogens is 1. The van der Waals surface area contributed by atoms with Crippen LogP contribution in [0.3, 0.4) is 0 Å². The van der Waals surface area contributed by atoms with E-state index in [4.69, 9.17) is 16.3 Å². The van der Waals surface area contributed by atoms with Gasteiger partial charge < -0.3 is 9.64 Å². The zero-order valence-corrected chi connectivity index (χ0v) is 20.9. The fraction of sp³-hybridized carbons (Fsp3) is 0.440. The molecule has 0 spiro atoms. The van der Waals surface area contributed by atoms with Crippen LogP contribution in [0, 0.1) is 0 Å². The van der Waals surface area contributed by atoms with Gasteiger partial charge in [-0.2, -0.15) is 8.42 Å². The van der Waals surface area contributed by atoms with Gasteiger partial charge >= 0.3 is 10.2 Å². The molecule has 3 rings (SSSR count). The summed E-state index contributed by atoms with van der Waals surface area (Å²) < 4.78 is 36.0. The van der Waals surface area contributed by atoms with E-state index in [0.29, 0.717) is 29.5 Å². The van der Waals surface area contributed by atoms with Crippen molar-refractivity contribution in [2.45, 2.75) is 38.5 Å². The lowest BCUT2D eigenvalue weighted by Gasteiger charge is -2.31. The first kappa shape index (κ1) is 25.4. The largest absolute Gasteiger partial charge is 0.494 e. The molecule has 180 valence electrons. The van der Waals surface area contributed by atoms with Crippen molar-refractivity contribution in [2.24, 2.45) is 0 Å². The summed E-state index contributed by atoms with van der Waals surface area (Å²) in [5.74, 6) is 0.796. The zero-order chi connectivity index (χ0) is 23.7. The van der Waals surface area contributed by atoms with Gasteiger partial charge in [0.05, 0.1) is 18.0 Å². The minimum Gasteiger partial charge on any atom is -0.494 e. The van der Waals surface area contributed by atoms with Crippen molar-refractivity contribution in [1.82, 2.24) is 4.90 Å². The number of unbranched alkanes of at least 4 members (excludes halogenated alkanes) is 3. The minimum atomic E-state index is -3.72. The van der Waals surface area contributed by atoms with Crippen molar-refractivity contribution in [2.75, 3.05) is 42.3 Å². The fourth-order valence-electron chi connectivity index (χ4n) is 3.94. The molecule has 0 atom stereocenters. The molecule has 6 nitrogen and oxygen atoms in total. The summed E-state index contributed by atoms with van der Waals surface area (Å²) in [4.78, 5) is 2.27. The Balaban J connectivity index is 1.51. The molecule has 0 saturated carbocycles. The number of benzene rings is 2. The third-order valence-electron chi connectivity index (χ3n) is 5.65. The lowest BCUT2D eigenvalue weighted by molar-refractivity contribution is 0.300. The molecule has 0 bridgehead atoms. The molecule has 0 fully saturated rings. The van der Waals surface area contributed by atoms with Crippen LogP contribution in [0.5, 0.6) is 5.75 Å². The second-order valence-corrected chi connectivity index (χ2v) is 10.4. The van der Waals surface area contributed by atoms with Crippen molar-refractivity contribution in [3.63, 3.8) is 0 Å². The average molecular weight is 492 g/mol. The van der Waals surface area contributed by atoms with Crippen molar-refractivity contribution < 1.29 is 13.2 Å². The zero-order valence-electron chi connectivity index (χ0n) is 19.3. The van der Waals surface area contributed by atoms with Crippen LogP contribution in [-0.2, 0) is 16.6 Å². The molecule has 1 aliphatic heterocycles. The molecule has 1 aliphatic rings. The number of nitrogens with zero attached hydrogens (tertiary/aromatic N) is 2. The van der Waals surface area contributed by atoms with E-state index >= 15 is 0 Å². The molecule has 0 aromatic heterocycles. The molecule has 33 heavy (non-hydrogen) atoms. The van der Waals surface area contributed by atoms with E-state index < -0.39 is 10.2 Å². The van der Waals surface area contributed by atoms with Gasteiger partial charge in [-0.25, -0.2) is 0 Å². The summed E-state index contributed by atoms with van der Waals surface area (Å²) in [5, 5.41) is 0.560. The highest BCUT2D eigenvalue weighted by Gasteiger charge is 2.27. The third kappa shape index (κ3) is 7.66. The van der Waals surface area contributed by atoms with Gasteiger partial charge in [0, 0.05) is 18.1 Å². The Hall–Kier alpha value is -2.22. The summed E-state index contributed by atoms with van der Waals surface area (Å²) in [7, 11) is -1.61. The first-order valence-corrected chi connectivity index (χ1v) is 13.3. The first-order chi connectivity index (χ1) is 15.9. The maximum absolute atomic E-state index is 13.0. The number of aryl methyl sites for hydroxylation is 1. The molecule has 1 heterocycles. The van der Waals surface area contributed by atoms with Crippen LogP contribution in [-0.4, -0.2) is 46.6 Å². The van der Waals surface area contributed by atoms with Crippen LogP contribution in [0.1, 0.15) is 37.7 Å². The quantitative estimate of drug-likeness (QED) is 0.296. The Morgan fingerprint density at radius 3 is 2.67 bits per heavy atom. The molecule has 0 aliphatic carbocycles. The minimum absolute atomic E-state index is 0.443. The van der Waals surface area contributed by atoms with Crippen molar-refractivity contribution in [3.8, 4) is 5.75 Å². The SMILES string of the molecule is C=CCN(C)CCCCCCOc1ccc2c(c1)CCCN2S(=O)(=O)Nc1ccc(Cl)cc1. The van der Waals surface area contributed by atoms with Gasteiger partial charge in [0.2, 0.25) is 0 Å². The molecule has 2 aromatic carbocycles. The highest BCUT2D eigenvalue weighted by Crippen LogP contribution is 2.33. The van der Waals surface area contributed by atoms with Crippen LogP contribution in [0.2, 0.25) is 5.02 Å². The van der Waals surface area contributed by atoms with E-state index in [2.05, 4.69) is 23.2 Å². The molecule has 1 N–H and O–H groups in total. The second-order valence-electron chi connectivity index (χ2n) is 8.39. The maximum Gasteiger partial charge on any atom is 0.323 e. The number of hydrogen-bond donors (Lipinski definition) is 1. The number of nitrogens with one attached hydrogen (secondary N) is 1. The van der Waals surface area contributed by atoms with Gasteiger partial charge in [0.1, 0.15) is 5.75 Å². The Labute approximate surface area is 203 Å². The average Bonchev–Trinajstić information content (AvgIpc) is 2.79. The van der Waals surface area contributed by atoms with Crippen LogP contribution in [0.15, 0.2) is 55.1 Å². The van der Waals surface area contributed by atoms with Crippen LogP contribution in [0.4, 0.5) is 11.4 Å². The number of rotatable bonds is 13. The van der Waals surface area contributed by atoms with E-state index in [9.17, 15) is 8.42 Å². The van der Waals surface area contributed by atoms with E-state index in [1.54, 1.807) is 24.3 Å². The smallest absolute Gasteiger partial charge is 0.323 e.